The largest absolute Gasteiger partial charge is 0.480 e. The Labute approximate surface area is 106 Å². The van der Waals surface area contributed by atoms with Crippen molar-refractivity contribution >= 4 is 11.9 Å². The molecule has 0 radical (unpaired) electrons. The number of hydrogen-bond donors (Lipinski definition) is 2. The summed E-state index contributed by atoms with van der Waals surface area (Å²) in [6.45, 7) is 4.37. The van der Waals surface area contributed by atoms with Crippen molar-refractivity contribution in [2.45, 2.75) is 31.8 Å². The number of amides is 1. The summed E-state index contributed by atoms with van der Waals surface area (Å²) in [5.74, 6) is -0.960. The molecule has 6 nitrogen and oxygen atoms in total. The lowest BCUT2D eigenvalue weighted by Gasteiger charge is -2.28. The molecule has 18 heavy (non-hydrogen) atoms. The minimum Gasteiger partial charge on any atom is -0.480 e. The van der Waals surface area contributed by atoms with Crippen LogP contribution in [0.3, 0.4) is 0 Å². The topological polar surface area (TPSA) is 78.9 Å². The van der Waals surface area contributed by atoms with Gasteiger partial charge in [-0.15, -0.1) is 0 Å². The van der Waals surface area contributed by atoms with Gasteiger partial charge in [0.1, 0.15) is 6.04 Å². The maximum Gasteiger partial charge on any atom is 0.326 e. The first-order valence-corrected chi connectivity index (χ1v) is 6.43. The predicted octanol–water partition coefficient (Wildman–Crippen LogP) is -0.313. The second-order valence-corrected chi connectivity index (χ2v) is 5.07. The number of carboxylic acids is 1. The first kappa shape index (κ1) is 13.3. The molecule has 0 aromatic carbocycles. The fraction of sp³-hybridized carbons (Fsp3) is 0.833. The number of ether oxygens (including phenoxy) is 1. The van der Waals surface area contributed by atoms with Crippen molar-refractivity contribution in [3.63, 3.8) is 0 Å². The van der Waals surface area contributed by atoms with Gasteiger partial charge >= 0.3 is 5.97 Å². The van der Waals surface area contributed by atoms with E-state index in [1.54, 1.807) is 0 Å². The Morgan fingerprint density at radius 1 is 1.50 bits per heavy atom. The molecule has 2 fully saturated rings. The van der Waals surface area contributed by atoms with Crippen molar-refractivity contribution in [1.29, 1.82) is 0 Å². The van der Waals surface area contributed by atoms with Crippen LogP contribution in [0.15, 0.2) is 0 Å². The average Bonchev–Trinajstić information content (AvgIpc) is 2.72. The highest BCUT2D eigenvalue weighted by atomic mass is 16.5. The molecule has 2 saturated heterocycles. The molecule has 0 bridgehead atoms. The van der Waals surface area contributed by atoms with Gasteiger partial charge in [-0.2, -0.15) is 0 Å². The second-order valence-electron chi connectivity index (χ2n) is 5.07. The first-order chi connectivity index (χ1) is 8.59. The minimum atomic E-state index is -0.902. The van der Waals surface area contributed by atoms with Gasteiger partial charge in [0.25, 0.3) is 0 Å². The highest BCUT2D eigenvalue weighted by Crippen LogP contribution is 2.25. The van der Waals surface area contributed by atoms with Crippen LogP contribution in [-0.4, -0.2) is 60.3 Å². The molecule has 0 aromatic rings. The van der Waals surface area contributed by atoms with Crippen molar-refractivity contribution in [3.05, 3.63) is 0 Å². The summed E-state index contributed by atoms with van der Waals surface area (Å²) < 4.78 is 5.29. The minimum absolute atomic E-state index is 0.0107. The van der Waals surface area contributed by atoms with E-state index in [0.717, 1.165) is 13.0 Å². The molecule has 2 N–H and O–H groups in total. The highest BCUT2D eigenvalue weighted by molar-refractivity contribution is 5.84. The van der Waals surface area contributed by atoms with E-state index in [2.05, 4.69) is 5.32 Å². The summed E-state index contributed by atoms with van der Waals surface area (Å²) in [4.78, 5) is 24.8. The number of carbonyl (C=O) groups is 2. The van der Waals surface area contributed by atoms with Gasteiger partial charge in [0.2, 0.25) is 5.91 Å². The van der Waals surface area contributed by atoms with Crippen LogP contribution < -0.4 is 5.32 Å². The van der Waals surface area contributed by atoms with Gasteiger partial charge in [0.15, 0.2) is 0 Å². The van der Waals surface area contributed by atoms with Crippen LogP contribution >= 0.6 is 0 Å². The third kappa shape index (κ3) is 2.81. The standard InChI is InChI=1S/C12H20N2O4/c1-8-2-4-14(11(8)12(16)17)10(15)6-9-7-18-5-3-13-9/h8-9,11,13H,2-7H2,1H3,(H,16,17). The highest BCUT2D eigenvalue weighted by Gasteiger charge is 2.39. The van der Waals surface area contributed by atoms with Crippen LogP contribution in [0, 0.1) is 5.92 Å². The summed E-state index contributed by atoms with van der Waals surface area (Å²) >= 11 is 0. The molecular weight excluding hydrogens is 236 g/mol. The Hall–Kier alpha value is -1.14. The zero-order valence-corrected chi connectivity index (χ0v) is 10.6. The van der Waals surface area contributed by atoms with E-state index in [1.165, 1.54) is 4.90 Å². The summed E-state index contributed by atoms with van der Waals surface area (Å²) in [7, 11) is 0. The van der Waals surface area contributed by atoms with Gasteiger partial charge in [-0.25, -0.2) is 4.79 Å². The van der Waals surface area contributed by atoms with Crippen LogP contribution in [-0.2, 0) is 14.3 Å². The number of carboxylic acid groups (broad SMARTS) is 1. The lowest BCUT2D eigenvalue weighted by atomic mass is 10.0. The number of aliphatic carboxylic acids is 1. The number of likely N-dealkylation sites (tertiary alicyclic amines) is 1. The molecule has 6 heteroatoms. The molecule has 0 saturated carbocycles. The fourth-order valence-corrected chi connectivity index (χ4v) is 2.68. The van der Waals surface area contributed by atoms with Crippen molar-refractivity contribution in [2.75, 3.05) is 26.3 Å². The predicted molar refractivity (Wildman–Crippen MR) is 64.1 cm³/mol. The molecule has 3 atom stereocenters. The molecule has 2 heterocycles. The van der Waals surface area contributed by atoms with E-state index in [1.807, 2.05) is 6.92 Å². The van der Waals surface area contributed by atoms with Gasteiger partial charge in [-0.3, -0.25) is 4.79 Å². The van der Waals surface area contributed by atoms with Crippen molar-refractivity contribution < 1.29 is 19.4 Å². The van der Waals surface area contributed by atoms with E-state index in [-0.39, 0.29) is 17.9 Å². The van der Waals surface area contributed by atoms with E-state index >= 15 is 0 Å². The third-order valence-corrected chi connectivity index (χ3v) is 3.69. The van der Waals surface area contributed by atoms with E-state index in [4.69, 9.17) is 4.74 Å². The summed E-state index contributed by atoms with van der Waals surface area (Å²) in [5.41, 5.74) is 0. The van der Waals surface area contributed by atoms with Crippen LogP contribution in [0.2, 0.25) is 0 Å². The van der Waals surface area contributed by atoms with Gasteiger partial charge in [0, 0.05) is 25.6 Å². The summed E-state index contributed by atoms with van der Waals surface area (Å²) in [6.07, 6.45) is 1.08. The second kappa shape index (κ2) is 5.67. The van der Waals surface area contributed by atoms with Gasteiger partial charge in [-0.05, 0) is 12.3 Å². The normalized spacial score (nSPS) is 32.5. The quantitative estimate of drug-likeness (QED) is 0.724. The van der Waals surface area contributed by atoms with E-state index < -0.39 is 12.0 Å². The Kier molecular flexibility index (Phi) is 4.19. The number of nitrogens with one attached hydrogen (secondary N) is 1. The van der Waals surface area contributed by atoms with Crippen molar-refractivity contribution in [3.8, 4) is 0 Å². The zero-order valence-electron chi connectivity index (χ0n) is 10.6. The zero-order chi connectivity index (χ0) is 13.1. The van der Waals surface area contributed by atoms with Crippen LogP contribution in [0.5, 0.6) is 0 Å². The molecule has 2 aliphatic rings. The Morgan fingerprint density at radius 3 is 2.89 bits per heavy atom. The third-order valence-electron chi connectivity index (χ3n) is 3.69. The SMILES string of the molecule is CC1CCN(C(=O)CC2COCCN2)C1C(=O)O. The van der Waals surface area contributed by atoms with Crippen LogP contribution in [0.1, 0.15) is 19.8 Å². The summed E-state index contributed by atoms with van der Waals surface area (Å²) in [5, 5.41) is 12.4. The lowest BCUT2D eigenvalue weighted by molar-refractivity contribution is -0.149. The first-order valence-electron chi connectivity index (χ1n) is 6.43. The number of hydrogen-bond acceptors (Lipinski definition) is 4. The van der Waals surface area contributed by atoms with Crippen LogP contribution in [0.4, 0.5) is 0 Å². The molecule has 0 aromatic heterocycles. The molecular formula is C12H20N2O4. The number of nitrogens with zero attached hydrogens (tertiary/aromatic N) is 1. The monoisotopic (exact) mass is 256 g/mol. The van der Waals surface area contributed by atoms with Crippen LogP contribution in [0.25, 0.3) is 0 Å². The number of morpholine rings is 1. The van der Waals surface area contributed by atoms with Gasteiger partial charge in [-0.1, -0.05) is 6.92 Å². The van der Waals surface area contributed by atoms with Crippen molar-refractivity contribution in [1.82, 2.24) is 10.2 Å². The summed E-state index contributed by atoms with van der Waals surface area (Å²) in [6, 6.07) is -0.654. The average molecular weight is 256 g/mol. The number of rotatable bonds is 3. The van der Waals surface area contributed by atoms with Crippen molar-refractivity contribution in [2.24, 2.45) is 5.92 Å². The Balaban J connectivity index is 1.93. The molecule has 1 amide bonds. The molecule has 102 valence electrons. The Morgan fingerprint density at radius 2 is 2.28 bits per heavy atom. The number of carbonyl (C=O) groups excluding carboxylic acids is 1. The molecule has 3 unspecified atom stereocenters. The van der Waals surface area contributed by atoms with Gasteiger partial charge < -0.3 is 20.1 Å². The van der Waals surface area contributed by atoms with E-state index in [9.17, 15) is 14.7 Å². The smallest absolute Gasteiger partial charge is 0.326 e. The molecule has 0 aliphatic carbocycles. The molecule has 0 spiro atoms. The molecule has 2 aliphatic heterocycles. The molecule has 2 rings (SSSR count). The maximum absolute atomic E-state index is 12.1. The fourth-order valence-electron chi connectivity index (χ4n) is 2.68. The van der Waals surface area contributed by atoms with E-state index in [0.29, 0.717) is 26.2 Å². The maximum atomic E-state index is 12.1. The Bertz CT molecular complexity index is 328. The lowest BCUT2D eigenvalue weighted by Crippen LogP contribution is -2.48. The van der Waals surface area contributed by atoms with Gasteiger partial charge in [0.05, 0.1) is 13.2 Å².